The fourth-order valence-corrected chi connectivity index (χ4v) is 4.02. The number of nitrogens with one attached hydrogen (secondary N) is 1. The molecule has 29 heavy (non-hydrogen) atoms. The quantitative estimate of drug-likeness (QED) is 0.566. The Morgan fingerprint density at radius 3 is 2.45 bits per heavy atom. The molecule has 0 saturated carbocycles. The van der Waals surface area contributed by atoms with E-state index >= 15 is 0 Å². The van der Waals surface area contributed by atoms with Crippen LogP contribution in [0.5, 0.6) is 0 Å². The van der Waals surface area contributed by atoms with Gasteiger partial charge in [0.15, 0.2) is 0 Å². The molecule has 0 radical (unpaired) electrons. The summed E-state index contributed by atoms with van der Waals surface area (Å²) in [6.07, 6.45) is 1.21. The van der Waals surface area contributed by atoms with Gasteiger partial charge in [-0.05, 0) is 23.8 Å². The zero-order chi connectivity index (χ0) is 21.0. The number of nitro groups is 1. The molecular weight excluding hydrogens is 396 g/mol. The second-order valence-electron chi connectivity index (χ2n) is 6.90. The van der Waals surface area contributed by atoms with Crippen molar-refractivity contribution < 1.29 is 18.1 Å². The third-order valence-corrected chi connectivity index (χ3v) is 6.01. The van der Waals surface area contributed by atoms with Crippen LogP contribution in [-0.2, 0) is 16.6 Å². The highest BCUT2D eigenvalue weighted by Gasteiger charge is 2.23. The largest absolute Gasteiger partial charge is 0.322 e. The lowest BCUT2D eigenvalue weighted by atomic mass is 10.1. The molecule has 1 heterocycles. The maximum atomic E-state index is 12.5. The molecule has 10 heteroatoms. The van der Waals surface area contributed by atoms with Crippen LogP contribution in [0.1, 0.15) is 15.9 Å². The van der Waals surface area contributed by atoms with Crippen molar-refractivity contribution in [2.45, 2.75) is 6.54 Å². The van der Waals surface area contributed by atoms with Gasteiger partial charge >= 0.3 is 0 Å². The fraction of sp³-hybridized carbons (Fsp3) is 0.316. The first-order valence-electron chi connectivity index (χ1n) is 9.04. The summed E-state index contributed by atoms with van der Waals surface area (Å²) in [5.41, 5.74) is 1.64. The highest BCUT2D eigenvalue weighted by Crippen LogP contribution is 2.18. The maximum Gasteiger partial charge on any atom is 0.271 e. The van der Waals surface area contributed by atoms with Crippen LogP contribution >= 0.6 is 0 Å². The van der Waals surface area contributed by atoms with Gasteiger partial charge in [0.1, 0.15) is 0 Å². The summed E-state index contributed by atoms with van der Waals surface area (Å²) < 4.78 is 24.7. The van der Waals surface area contributed by atoms with E-state index in [-0.39, 0.29) is 11.6 Å². The molecule has 1 fully saturated rings. The Labute approximate surface area is 169 Å². The van der Waals surface area contributed by atoms with E-state index in [0.29, 0.717) is 44.0 Å². The molecule has 9 nitrogen and oxygen atoms in total. The van der Waals surface area contributed by atoms with E-state index in [2.05, 4.69) is 10.2 Å². The Balaban J connectivity index is 1.63. The lowest BCUT2D eigenvalue weighted by Gasteiger charge is -2.33. The van der Waals surface area contributed by atoms with Crippen molar-refractivity contribution in [1.29, 1.82) is 0 Å². The van der Waals surface area contributed by atoms with Crippen LogP contribution in [0.4, 0.5) is 11.4 Å². The molecule has 0 bridgehead atoms. The molecule has 0 unspecified atom stereocenters. The number of hydrogen-bond acceptors (Lipinski definition) is 6. The third-order valence-electron chi connectivity index (χ3n) is 4.71. The lowest BCUT2D eigenvalue weighted by Crippen LogP contribution is -2.47. The number of amides is 1. The predicted molar refractivity (Wildman–Crippen MR) is 109 cm³/mol. The predicted octanol–water partition coefficient (Wildman–Crippen LogP) is 1.92. The van der Waals surface area contributed by atoms with Crippen LogP contribution in [-0.4, -0.2) is 60.9 Å². The van der Waals surface area contributed by atoms with E-state index in [1.165, 1.54) is 28.8 Å². The minimum absolute atomic E-state index is 0.0928. The zero-order valence-corrected chi connectivity index (χ0v) is 16.8. The molecule has 3 rings (SSSR count). The number of non-ortho nitro benzene ring substituents is 1. The van der Waals surface area contributed by atoms with Crippen LogP contribution in [0.3, 0.4) is 0 Å². The molecule has 0 spiro atoms. The second kappa shape index (κ2) is 8.68. The molecule has 1 aliphatic rings. The number of rotatable bonds is 6. The van der Waals surface area contributed by atoms with E-state index in [4.69, 9.17) is 0 Å². The first-order valence-corrected chi connectivity index (χ1v) is 10.9. The van der Waals surface area contributed by atoms with Gasteiger partial charge in [-0.25, -0.2) is 8.42 Å². The van der Waals surface area contributed by atoms with Crippen molar-refractivity contribution in [2.24, 2.45) is 0 Å². The average molecular weight is 418 g/mol. The molecule has 1 aliphatic heterocycles. The van der Waals surface area contributed by atoms with Crippen LogP contribution in [0.25, 0.3) is 0 Å². The van der Waals surface area contributed by atoms with E-state index in [9.17, 15) is 23.3 Å². The summed E-state index contributed by atoms with van der Waals surface area (Å²) in [5.74, 6) is -0.353. The molecule has 0 aliphatic carbocycles. The summed E-state index contributed by atoms with van der Waals surface area (Å²) in [6, 6.07) is 12.9. The number of piperazine rings is 1. The summed E-state index contributed by atoms with van der Waals surface area (Å²) in [6.45, 7) is 2.75. The smallest absolute Gasteiger partial charge is 0.271 e. The van der Waals surface area contributed by atoms with E-state index in [1.807, 2.05) is 6.07 Å². The highest BCUT2D eigenvalue weighted by molar-refractivity contribution is 7.88. The summed E-state index contributed by atoms with van der Waals surface area (Å²) in [4.78, 5) is 25.0. The van der Waals surface area contributed by atoms with E-state index in [1.54, 1.807) is 24.3 Å². The maximum absolute atomic E-state index is 12.5. The number of anilines is 1. The molecule has 0 atom stereocenters. The molecule has 1 amide bonds. The van der Waals surface area contributed by atoms with Gasteiger partial charge in [0.05, 0.1) is 11.2 Å². The second-order valence-corrected chi connectivity index (χ2v) is 8.88. The number of carbonyl (C=O) groups excluding carboxylic acids is 1. The molecule has 2 aromatic carbocycles. The number of nitrogens with zero attached hydrogens (tertiary/aromatic N) is 3. The van der Waals surface area contributed by atoms with Gasteiger partial charge in [-0.1, -0.05) is 18.2 Å². The number of nitro benzene ring substituents is 1. The number of sulfonamides is 1. The van der Waals surface area contributed by atoms with Crippen molar-refractivity contribution in [1.82, 2.24) is 9.21 Å². The topological polar surface area (TPSA) is 113 Å². The van der Waals surface area contributed by atoms with Crippen LogP contribution < -0.4 is 5.32 Å². The lowest BCUT2D eigenvalue weighted by molar-refractivity contribution is -0.384. The van der Waals surface area contributed by atoms with Crippen LogP contribution in [0.15, 0.2) is 48.5 Å². The highest BCUT2D eigenvalue weighted by atomic mass is 32.2. The molecule has 154 valence electrons. The normalized spacial score (nSPS) is 15.8. The van der Waals surface area contributed by atoms with Crippen LogP contribution in [0, 0.1) is 10.1 Å². The minimum Gasteiger partial charge on any atom is -0.322 e. The summed E-state index contributed by atoms with van der Waals surface area (Å²) >= 11 is 0. The molecule has 2 aromatic rings. The van der Waals surface area contributed by atoms with Gasteiger partial charge in [-0.2, -0.15) is 4.31 Å². The van der Waals surface area contributed by atoms with Crippen molar-refractivity contribution >= 4 is 27.3 Å². The Morgan fingerprint density at radius 2 is 1.79 bits per heavy atom. The molecular formula is C19H22N4O5S. The number of carbonyl (C=O) groups is 1. The van der Waals surface area contributed by atoms with Gasteiger partial charge in [-0.15, -0.1) is 0 Å². The molecule has 1 saturated heterocycles. The Kier molecular flexibility index (Phi) is 6.26. The third kappa shape index (κ3) is 5.59. The first-order chi connectivity index (χ1) is 13.7. The first kappa shape index (κ1) is 20.9. The SMILES string of the molecule is CS(=O)(=O)N1CCN(Cc2cccc(C(=O)Nc3cccc([N+](=O)[O-])c3)c2)CC1. The Bertz CT molecular complexity index is 1020. The van der Waals surface area contributed by atoms with Gasteiger partial charge in [0.25, 0.3) is 11.6 Å². The summed E-state index contributed by atoms with van der Waals surface area (Å²) in [7, 11) is -3.17. The van der Waals surface area contributed by atoms with Crippen LogP contribution in [0.2, 0.25) is 0 Å². The molecule has 1 N–H and O–H groups in total. The number of benzene rings is 2. The van der Waals surface area contributed by atoms with Gasteiger partial charge in [0, 0.05) is 56.1 Å². The standard InChI is InChI=1S/C19H22N4O5S/c1-29(27,28)22-10-8-21(9-11-22)14-15-4-2-5-16(12-15)19(24)20-17-6-3-7-18(13-17)23(25)26/h2-7,12-13H,8-11,14H2,1H3,(H,20,24). The van der Waals surface area contributed by atoms with Crippen molar-refractivity contribution in [2.75, 3.05) is 37.8 Å². The minimum atomic E-state index is -3.17. The Morgan fingerprint density at radius 1 is 1.10 bits per heavy atom. The monoisotopic (exact) mass is 418 g/mol. The van der Waals surface area contributed by atoms with Gasteiger partial charge in [-0.3, -0.25) is 19.8 Å². The number of hydrogen-bond donors (Lipinski definition) is 1. The Hall–Kier alpha value is -2.82. The fourth-order valence-electron chi connectivity index (χ4n) is 3.19. The van der Waals surface area contributed by atoms with E-state index in [0.717, 1.165) is 5.56 Å². The van der Waals surface area contributed by atoms with Gasteiger partial charge < -0.3 is 5.32 Å². The molecule has 0 aromatic heterocycles. The zero-order valence-electron chi connectivity index (χ0n) is 15.9. The van der Waals surface area contributed by atoms with Crippen molar-refractivity contribution in [3.8, 4) is 0 Å². The van der Waals surface area contributed by atoms with Crippen molar-refractivity contribution in [3.05, 3.63) is 69.8 Å². The van der Waals surface area contributed by atoms with Gasteiger partial charge in [0.2, 0.25) is 10.0 Å². The van der Waals surface area contributed by atoms with Crippen molar-refractivity contribution in [3.63, 3.8) is 0 Å². The average Bonchev–Trinajstić information content (AvgIpc) is 2.68. The summed E-state index contributed by atoms with van der Waals surface area (Å²) in [5, 5.41) is 13.5. The van der Waals surface area contributed by atoms with E-state index < -0.39 is 14.9 Å².